The van der Waals surface area contributed by atoms with Crippen molar-refractivity contribution >= 4 is 5.57 Å². The van der Waals surface area contributed by atoms with Gasteiger partial charge in [0.15, 0.2) is 0 Å². The molecular formula is C28H26Zr-8. The van der Waals surface area contributed by atoms with Crippen LogP contribution in [0.2, 0.25) is 0 Å². The van der Waals surface area contributed by atoms with Gasteiger partial charge in [0, 0.05) is 26.2 Å². The summed E-state index contributed by atoms with van der Waals surface area (Å²) in [6.45, 7) is 0. The average Bonchev–Trinajstić information content (AvgIpc) is 3.22. The molecule has 0 heterocycles. The predicted octanol–water partition coefficient (Wildman–Crippen LogP) is 7.49. The summed E-state index contributed by atoms with van der Waals surface area (Å²) in [5.74, 6) is 1.65. The van der Waals surface area contributed by atoms with E-state index in [0.717, 1.165) is 12.0 Å². The van der Waals surface area contributed by atoms with Crippen LogP contribution in [0, 0.1) is 12.0 Å². The molecule has 0 amide bonds. The maximum atomic E-state index is 3.56. The van der Waals surface area contributed by atoms with E-state index in [1.165, 1.54) is 24.0 Å². The summed E-state index contributed by atoms with van der Waals surface area (Å²) in [7, 11) is 0. The summed E-state index contributed by atoms with van der Waals surface area (Å²) >= 11 is 0. The van der Waals surface area contributed by atoms with E-state index in [4.69, 9.17) is 0 Å². The number of allylic oxidation sites excluding steroid dienone is 1. The fourth-order valence-corrected chi connectivity index (χ4v) is 2.71. The third-order valence-electron chi connectivity index (χ3n) is 4.33. The summed E-state index contributed by atoms with van der Waals surface area (Å²) in [6.07, 6.45) is 7.24. The Balaban J connectivity index is 0.000000223. The molecule has 1 heteroatoms. The Hall–Kier alpha value is -2.24. The Morgan fingerprint density at radius 2 is 1.24 bits per heavy atom. The van der Waals surface area contributed by atoms with Crippen LogP contribution in [0.15, 0.2) is 121 Å². The number of rotatable bonds is 4. The molecule has 0 spiro atoms. The van der Waals surface area contributed by atoms with Gasteiger partial charge >= 0.3 is 0 Å². The van der Waals surface area contributed by atoms with Crippen LogP contribution < -0.4 is 0 Å². The van der Waals surface area contributed by atoms with Crippen LogP contribution in [0.3, 0.4) is 0 Å². The van der Waals surface area contributed by atoms with Gasteiger partial charge in [-0.2, -0.15) is 30.2 Å². The third kappa shape index (κ3) is 9.68. The Morgan fingerprint density at radius 3 is 1.69 bits per heavy atom. The fourth-order valence-electron chi connectivity index (χ4n) is 2.71. The molecular weight excluding hydrogens is 428 g/mol. The van der Waals surface area contributed by atoms with Crippen molar-refractivity contribution < 1.29 is 26.2 Å². The predicted molar refractivity (Wildman–Crippen MR) is 120 cm³/mol. The molecule has 1 saturated carbocycles. The molecule has 1 aliphatic carbocycles. The van der Waals surface area contributed by atoms with Crippen LogP contribution in [0.5, 0.6) is 0 Å². The van der Waals surface area contributed by atoms with Gasteiger partial charge in [-0.1, -0.05) is 42.0 Å². The molecule has 4 aromatic carbocycles. The first-order valence-electron chi connectivity index (χ1n) is 9.82. The molecule has 1 fully saturated rings. The smallest absolute Gasteiger partial charge is 0 e. The summed E-state index contributed by atoms with van der Waals surface area (Å²) < 4.78 is 0. The molecule has 5 rings (SSSR count). The molecule has 29 heavy (non-hydrogen) atoms. The van der Waals surface area contributed by atoms with Gasteiger partial charge < -0.3 is 36.2 Å². The van der Waals surface area contributed by atoms with Crippen LogP contribution >= 0.6 is 0 Å². The maximum absolute atomic E-state index is 3.56. The minimum atomic E-state index is 0. The largest absolute Gasteiger partial charge is 0.748 e. The van der Waals surface area contributed by atoms with Crippen molar-refractivity contribution in [1.29, 1.82) is 0 Å². The zero-order chi connectivity index (χ0) is 19.3. The SMILES string of the molecule is [C-](=C(C[C-]1CC1)c1ccccc1)c1ccccc1.[Zr].[cH-]1[cH-][cH-][cH-][cH-]1.c1cc[cH-]c1. The first-order valence-corrected chi connectivity index (χ1v) is 9.82. The molecule has 150 valence electrons. The van der Waals surface area contributed by atoms with Gasteiger partial charge in [0.2, 0.25) is 0 Å². The van der Waals surface area contributed by atoms with Crippen molar-refractivity contribution in [3.8, 4) is 0 Å². The molecule has 0 bridgehead atoms. The molecule has 0 atom stereocenters. The molecule has 0 saturated heterocycles. The van der Waals surface area contributed by atoms with E-state index in [1.807, 2.05) is 66.7 Å². The number of hydrogen-bond donors (Lipinski definition) is 0. The Labute approximate surface area is 194 Å². The van der Waals surface area contributed by atoms with Crippen LogP contribution in [-0.4, -0.2) is 0 Å². The summed E-state index contributed by atoms with van der Waals surface area (Å²) in [4.78, 5) is 0. The van der Waals surface area contributed by atoms with E-state index in [2.05, 4.69) is 60.7 Å². The molecule has 0 radical (unpaired) electrons. The third-order valence-corrected chi connectivity index (χ3v) is 4.33. The molecule has 0 aliphatic heterocycles. The normalized spacial score (nSPS) is 12.5. The van der Waals surface area contributed by atoms with Crippen LogP contribution in [0.1, 0.15) is 30.4 Å². The Bertz CT molecular complexity index is 807. The van der Waals surface area contributed by atoms with Crippen LogP contribution in [0.4, 0.5) is 0 Å². The minimum Gasteiger partial charge on any atom is -0.748 e. The van der Waals surface area contributed by atoms with Gasteiger partial charge in [0.25, 0.3) is 0 Å². The van der Waals surface area contributed by atoms with Crippen LogP contribution in [-0.2, 0) is 26.2 Å². The first kappa shape index (κ1) is 23.0. The Morgan fingerprint density at radius 1 is 0.724 bits per heavy atom. The second-order valence-electron chi connectivity index (χ2n) is 6.69. The second-order valence-corrected chi connectivity index (χ2v) is 6.69. The fraction of sp³-hybridized carbons (Fsp3) is 0.107. The summed E-state index contributed by atoms with van der Waals surface area (Å²) in [6, 6.07) is 41.0. The Kier molecular flexibility index (Phi) is 11.0. The zero-order valence-corrected chi connectivity index (χ0v) is 19.1. The standard InChI is InChI=1S/C18H16.2C5H5.Zr/c1-3-7-15(8-4-1)13-18(14-16-11-12-16)17-9-5-2-6-10-17;2*1-2-4-5-3-1;/h1-10H,11-12,14H2;2*1-5H;/q-2;-5;-1;. The van der Waals surface area contributed by atoms with Gasteiger partial charge in [-0.3, -0.25) is 0 Å². The van der Waals surface area contributed by atoms with Gasteiger partial charge in [-0.15, -0.1) is 35.9 Å². The monoisotopic (exact) mass is 452 g/mol. The van der Waals surface area contributed by atoms with Crippen molar-refractivity contribution in [2.75, 3.05) is 0 Å². The van der Waals surface area contributed by atoms with Gasteiger partial charge in [0.05, 0.1) is 0 Å². The van der Waals surface area contributed by atoms with E-state index in [0.29, 0.717) is 0 Å². The van der Waals surface area contributed by atoms with Crippen molar-refractivity contribution in [3.05, 3.63) is 144 Å². The molecule has 4 aromatic rings. The molecule has 0 nitrogen and oxygen atoms in total. The van der Waals surface area contributed by atoms with E-state index in [-0.39, 0.29) is 26.2 Å². The number of benzene rings is 2. The van der Waals surface area contributed by atoms with Crippen molar-refractivity contribution in [2.24, 2.45) is 0 Å². The molecule has 0 aromatic heterocycles. The van der Waals surface area contributed by atoms with Crippen molar-refractivity contribution in [1.82, 2.24) is 0 Å². The van der Waals surface area contributed by atoms with E-state index in [1.54, 1.807) is 5.92 Å². The second kappa shape index (κ2) is 13.9. The molecule has 1 aliphatic rings. The summed E-state index contributed by atoms with van der Waals surface area (Å²) in [5, 5.41) is 0. The molecule has 0 unspecified atom stereocenters. The number of hydrogen-bond acceptors (Lipinski definition) is 0. The average molecular weight is 454 g/mol. The topological polar surface area (TPSA) is 0 Å². The zero-order valence-electron chi connectivity index (χ0n) is 16.7. The van der Waals surface area contributed by atoms with Crippen molar-refractivity contribution in [3.63, 3.8) is 0 Å². The minimum absolute atomic E-state index is 0. The first-order chi connectivity index (χ1) is 13.9. The maximum Gasteiger partial charge on any atom is 0 e. The summed E-state index contributed by atoms with van der Waals surface area (Å²) in [5.41, 5.74) is 3.77. The van der Waals surface area contributed by atoms with Gasteiger partial charge in [-0.25, -0.2) is 25.0 Å². The van der Waals surface area contributed by atoms with Gasteiger partial charge in [-0.05, 0) is 0 Å². The van der Waals surface area contributed by atoms with E-state index in [9.17, 15) is 0 Å². The van der Waals surface area contributed by atoms with E-state index >= 15 is 0 Å². The van der Waals surface area contributed by atoms with Crippen LogP contribution in [0.25, 0.3) is 5.57 Å². The molecule has 0 N–H and O–H groups in total. The quantitative estimate of drug-likeness (QED) is 0.222. The van der Waals surface area contributed by atoms with E-state index < -0.39 is 0 Å². The van der Waals surface area contributed by atoms with Gasteiger partial charge in [0.1, 0.15) is 0 Å². The van der Waals surface area contributed by atoms with Crippen molar-refractivity contribution in [2.45, 2.75) is 19.3 Å².